The molecule has 0 aromatic carbocycles. The normalized spacial score (nSPS) is 32.1. The van der Waals surface area contributed by atoms with Crippen molar-refractivity contribution in [2.75, 3.05) is 0 Å². The number of hydrogen-bond donors (Lipinski definition) is 1. The van der Waals surface area contributed by atoms with E-state index in [4.69, 9.17) is 5.26 Å². The third-order valence-electron chi connectivity index (χ3n) is 2.75. The Balaban J connectivity index is 2.53. The van der Waals surface area contributed by atoms with E-state index in [0.717, 1.165) is 0 Å². The van der Waals surface area contributed by atoms with E-state index in [1.807, 2.05) is 19.9 Å². The molecule has 0 radical (unpaired) electrons. The van der Waals surface area contributed by atoms with Gasteiger partial charge in [-0.2, -0.15) is 5.26 Å². The van der Waals surface area contributed by atoms with E-state index < -0.39 is 17.6 Å². The van der Waals surface area contributed by atoms with Crippen LogP contribution in [-0.2, 0) is 4.79 Å². The lowest BCUT2D eigenvalue weighted by Crippen LogP contribution is -2.41. The average Bonchev–Trinajstić information content (AvgIpc) is 2.71. The Kier molecular flexibility index (Phi) is 2.79. The number of nitrogens with one attached hydrogen (secondary N) is 1. The maximum Gasteiger partial charge on any atom is 0.230 e. The van der Waals surface area contributed by atoms with Crippen LogP contribution in [0.5, 0.6) is 0 Å². The van der Waals surface area contributed by atoms with Crippen molar-refractivity contribution in [2.24, 2.45) is 11.3 Å². The van der Waals surface area contributed by atoms with Crippen LogP contribution in [-0.4, -0.2) is 18.1 Å². The fraction of sp³-hybridized carbons (Fsp3) is 0.800. The smallest absolute Gasteiger partial charge is 0.230 e. The van der Waals surface area contributed by atoms with Crippen LogP contribution in [0.4, 0.5) is 4.39 Å². The van der Waals surface area contributed by atoms with Crippen LogP contribution >= 0.6 is 0 Å². The van der Waals surface area contributed by atoms with Gasteiger partial charge in [-0.15, -0.1) is 0 Å². The lowest BCUT2D eigenvalue weighted by Gasteiger charge is -2.17. The molecule has 4 heteroatoms. The second kappa shape index (κ2) is 3.56. The Morgan fingerprint density at radius 3 is 2.50 bits per heavy atom. The Hall–Kier alpha value is -1.11. The molecule has 1 N–H and O–H groups in total. The molecule has 1 aliphatic rings. The summed E-state index contributed by atoms with van der Waals surface area (Å²) in [4.78, 5) is 11.5. The van der Waals surface area contributed by atoms with Crippen LogP contribution in [0, 0.1) is 22.7 Å². The van der Waals surface area contributed by atoms with Crippen LogP contribution in [0.3, 0.4) is 0 Å². The second-order valence-corrected chi connectivity index (χ2v) is 4.41. The number of nitrogens with zero attached hydrogens (tertiary/aromatic N) is 1. The maximum atomic E-state index is 12.8. The number of carbonyl (C=O) groups excluding carboxylic acids is 1. The highest BCUT2D eigenvalue weighted by molar-refractivity contribution is 5.86. The van der Waals surface area contributed by atoms with Crippen molar-refractivity contribution in [3.63, 3.8) is 0 Å². The molecule has 1 aliphatic carbocycles. The lowest BCUT2D eigenvalue weighted by molar-refractivity contribution is -0.127. The van der Waals surface area contributed by atoms with Crippen LogP contribution in [0.25, 0.3) is 0 Å². The third kappa shape index (κ3) is 1.87. The summed E-state index contributed by atoms with van der Waals surface area (Å²) in [6, 6.07) is 1.47. The molecule has 0 heterocycles. The maximum absolute atomic E-state index is 12.8. The van der Waals surface area contributed by atoms with Crippen molar-refractivity contribution in [2.45, 2.75) is 39.4 Å². The Labute approximate surface area is 83.3 Å². The summed E-state index contributed by atoms with van der Waals surface area (Å²) >= 11 is 0. The van der Waals surface area contributed by atoms with E-state index in [9.17, 15) is 9.18 Å². The van der Waals surface area contributed by atoms with Crippen molar-refractivity contribution in [1.82, 2.24) is 5.32 Å². The number of alkyl halides is 1. The summed E-state index contributed by atoms with van der Waals surface area (Å²) < 4.78 is 12.8. The highest BCUT2D eigenvalue weighted by Gasteiger charge is 2.57. The highest BCUT2D eigenvalue weighted by atomic mass is 19.1. The Bertz CT molecular complexity index is 284. The van der Waals surface area contributed by atoms with Crippen molar-refractivity contribution in [3.05, 3.63) is 0 Å². The first-order valence-electron chi connectivity index (χ1n) is 4.76. The fourth-order valence-corrected chi connectivity index (χ4v) is 1.20. The zero-order valence-corrected chi connectivity index (χ0v) is 8.67. The molecule has 0 aliphatic heterocycles. The molecule has 14 heavy (non-hydrogen) atoms. The molecule has 78 valence electrons. The first kappa shape index (κ1) is 11.0. The van der Waals surface area contributed by atoms with Crippen molar-refractivity contribution in [1.29, 1.82) is 5.26 Å². The molecule has 1 fully saturated rings. The molecule has 1 rings (SSSR count). The highest BCUT2D eigenvalue weighted by Crippen LogP contribution is 2.48. The molecular weight excluding hydrogens is 183 g/mol. The van der Waals surface area contributed by atoms with Crippen LogP contribution in [0.1, 0.15) is 27.2 Å². The van der Waals surface area contributed by atoms with Crippen LogP contribution in [0.15, 0.2) is 0 Å². The molecule has 1 amide bonds. The predicted molar refractivity (Wildman–Crippen MR) is 50.0 cm³/mol. The quantitative estimate of drug-likeness (QED) is 0.745. The van der Waals surface area contributed by atoms with Crippen molar-refractivity contribution < 1.29 is 9.18 Å². The molecule has 0 bridgehead atoms. The molecule has 3 unspecified atom stereocenters. The minimum Gasteiger partial charge on any atom is -0.340 e. The molecule has 0 aromatic rings. The number of halogens is 1. The number of amides is 1. The number of carbonyl (C=O) groups is 1. The molecule has 0 saturated heterocycles. The molecule has 0 spiro atoms. The first-order valence-corrected chi connectivity index (χ1v) is 4.76. The number of rotatable bonds is 3. The van der Waals surface area contributed by atoms with Crippen molar-refractivity contribution in [3.8, 4) is 6.07 Å². The van der Waals surface area contributed by atoms with Gasteiger partial charge in [-0.1, -0.05) is 13.8 Å². The van der Waals surface area contributed by atoms with Gasteiger partial charge in [0.25, 0.3) is 0 Å². The van der Waals surface area contributed by atoms with E-state index in [2.05, 4.69) is 5.32 Å². The van der Waals surface area contributed by atoms with Gasteiger partial charge in [-0.3, -0.25) is 4.79 Å². The van der Waals surface area contributed by atoms with E-state index in [-0.39, 0.29) is 18.2 Å². The van der Waals surface area contributed by atoms with Crippen LogP contribution in [0.2, 0.25) is 0 Å². The Morgan fingerprint density at radius 1 is 1.71 bits per heavy atom. The minimum absolute atomic E-state index is 0.0457. The minimum atomic E-state index is -1.05. The van der Waals surface area contributed by atoms with Gasteiger partial charge in [0.2, 0.25) is 5.91 Å². The SMILES string of the molecule is CC(C)C(C#N)NC(=O)C1(C)CC1F. The van der Waals surface area contributed by atoms with Crippen molar-refractivity contribution >= 4 is 5.91 Å². The molecule has 0 aromatic heterocycles. The van der Waals surface area contributed by atoms with E-state index in [1.54, 1.807) is 6.92 Å². The zero-order valence-electron chi connectivity index (χ0n) is 8.67. The van der Waals surface area contributed by atoms with Gasteiger partial charge in [-0.05, 0) is 19.3 Å². The molecule has 3 nitrogen and oxygen atoms in total. The molecule has 3 atom stereocenters. The average molecular weight is 198 g/mol. The fourth-order valence-electron chi connectivity index (χ4n) is 1.20. The third-order valence-corrected chi connectivity index (χ3v) is 2.75. The monoisotopic (exact) mass is 198 g/mol. The summed E-state index contributed by atoms with van der Waals surface area (Å²) in [7, 11) is 0. The zero-order chi connectivity index (χ0) is 10.9. The summed E-state index contributed by atoms with van der Waals surface area (Å²) in [5, 5.41) is 11.3. The molecular formula is C10H15FN2O. The summed E-state index contributed by atoms with van der Waals surface area (Å²) in [6.07, 6.45) is -0.774. The summed E-state index contributed by atoms with van der Waals surface area (Å²) in [5.74, 6) is -0.297. The standard InChI is InChI=1S/C10H15FN2O/c1-6(2)7(5-12)13-9(14)10(3)4-8(10)11/h6-8H,4H2,1-3H3,(H,13,14). The van der Waals surface area contributed by atoms with Crippen LogP contribution < -0.4 is 5.32 Å². The second-order valence-electron chi connectivity index (χ2n) is 4.41. The predicted octanol–water partition coefficient (Wildman–Crippen LogP) is 1.40. The van der Waals surface area contributed by atoms with E-state index in [0.29, 0.717) is 0 Å². The summed E-state index contributed by atoms with van der Waals surface area (Å²) in [6.45, 7) is 5.27. The van der Waals surface area contributed by atoms with E-state index >= 15 is 0 Å². The first-order chi connectivity index (χ1) is 6.41. The van der Waals surface area contributed by atoms with E-state index in [1.165, 1.54) is 0 Å². The van der Waals surface area contributed by atoms with Gasteiger partial charge in [-0.25, -0.2) is 4.39 Å². The van der Waals surface area contributed by atoms with Gasteiger partial charge >= 0.3 is 0 Å². The van der Waals surface area contributed by atoms with Gasteiger partial charge in [0.1, 0.15) is 12.2 Å². The number of nitriles is 1. The largest absolute Gasteiger partial charge is 0.340 e. The lowest BCUT2D eigenvalue weighted by atomic mass is 10.0. The van der Waals surface area contributed by atoms with Gasteiger partial charge in [0.15, 0.2) is 0 Å². The van der Waals surface area contributed by atoms with Gasteiger partial charge in [0, 0.05) is 0 Å². The Morgan fingerprint density at radius 2 is 2.21 bits per heavy atom. The van der Waals surface area contributed by atoms with Gasteiger partial charge in [0.05, 0.1) is 11.5 Å². The summed E-state index contributed by atoms with van der Waals surface area (Å²) in [5.41, 5.74) is -0.885. The topological polar surface area (TPSA) is 52.9 Å². The number of hydrogen-bond acceptors (Lipinski definition) is 2. The molecule has 1 saturated carbocycles. The van der Waals surface area contributed by atoms with Gasteiger partial charge < -0.3 is 5.32 Å².